The van der Waals surface area contributed by atoms with Gasteiger partial charge in [-0.1, -0.05) is 43.3 Å². The maximum absolute atomic E-state index is 8.89. The number of aliphatic hydroxyl groups is 1. The van der Waals surface area contributed by atoms with E-state index in [1.807, 2.05) is 18.2 Å². The highest BCUT2D eigenvalue weighted by Gasteiger charge is 1.98. The van der Waals surface area contributed by atoms with Crippen LogP contribution in [-0.4, -0.2) is 11.7 Å². The Morgan fingerprint density at radius 2 is 2.00 bits per heavy atom. The van der Waals surface area contributed by atoms with E-state index in [1.54, 1.807) is 0 Å². The van der Waals surface area contributed by atoms with Gasteiger partial charge in [-0.15, -0.1) is 0 Å². The molecule has 1 atom stereocenters. The highest BCUT2D eigenvalue weighted by atomic mass is 16.3. The zero-order valence-corrected chi connectivity index (χ0v) is 8.90. The lowest BCUT2D eigenvalue weighted by atomic mass is 10.0. The molecular formula is C13H18O. The van der Waals surface area contributed by atoms with Gasteiger partial charge in [0.25, 0.3) is 0 Å². The van der Waals surface area contributed by atoms with E-state index in [4.69, 9.17) is 5.11 Å². The summed E-state index contributed by atoms with van der Waals surface area (Å²) in [5.41, 5.74) is 2.54. The summed E-state index contributed by atoms with van der Waals surface area (Å²) in [5.74, 6) is 0.355. The summed E-state index contributed by atoms with van der Waals surface area (Å²) in [6, 6.07) is 10.3. The molecule has 0 heterocycles. The summed E-state index contributed by atoms with van der Waals surface area (Å²) < 4.78 is 0. The Labute approximate surface area is 86.1 Å². The molecule has 0 fully saturated rings. The highest BCUT2D eigenvalue weighted by Crippen LogP contribution is 2.15. The molecule has 0 aliphatic heterocycles. The minimum Gasteiger partial charge on any atom is -0.396 e. The van der Waals surface area contributed by atoms with Crippen LogP contribution in [0.2, 0.25) is 0 Å². The number of hydrogen-bond donors (Lipinski definition) is 1. The number of hydrogen-bond acceptors (Lipinski definition) is 1. The van der Waals surface area contributed by atoms with Crippen LogP contribution in [0.5, 0.6) is 0 Å². The molecule has 76 valence electrons. The largest absolute Gasteiger partial charge is 0.396 e. The summed E-state index contributed by atoms with van der Waals surface area (Å²) in [4.78, 5) is 0. The van der Waals surface area contributed by atoms with E-state index in [2.05, 4.69) is 32.1 Å². The first-order valence-corrected chi connectivity index (χ1v) is 5.07. The Hall–Kier alpha value is -1.08. The Bertz CT molecular complexity index is 287. The zero-order valence-electron chi connectivity index (χ0n) is 8.90. The van der Waals surface area contributed by atoms with Gasteiger partial charge < -0.3 is 5.11 Å². The van der Waals surface area contributed by atoms with Crippen LogP contribution >= 0.6 is 0 Å². The van der Waals surface area contributed by atoms with E-state index >= 15 is 0 Å². The van der Waals surface area contributed by atoms with Crippen LogP contribution in [0.25, 0.3) is 5.57 Å². The van der Waals surface area contributed by atoms with Crippen molar-refractivity contribution >= 4 is 5.57 Å². The van der Waals surface area contributed by atoms with Gasteiger partial charge in [0.15, 0.2) is 0 Å². The Morgan fingerprint density at radius 1 is 1.36 bits per heavy atom. The summed E-state index contributed by atoms with van der Waals surface area (Å²) >= 11 is 0. The summed E-state index contributed by atoms with van der Waals surface area (Å²) in [6.45, 7) is 4.42. The molecule has 0 saturated heterocycles. The monoisotopic (exact) mass is 190 g/mol. The van der Waals surface area contributed by atoms with Gasteiger partial charge in [0.2, 0.25) is 0 Å². The van der Waals surface area contributed by atoms with Gasteiger partial charge in [0.1, 0.15) is 0 Å². The van der Waals surface area contributed by atoms with E-state index in [0.29, 0.717) is 5.92 Å². The summed E-state index contributed by atoms with van der Waals surface area (Å²) in [6.07, 6.45) is 3.13. The van der Waals surface area contributed by atoms with Crippen molar-refractivity contribution in [2.45, 2.75) is 20.3 Å². The molecule has 0 aromatic heterocycles. The molecule has 1 rings (SSSR count). The second-order valence-electron chi connectivity index (χ2n) is 3.78. The van der Waals surface area contributed by atoms with Crippen molar-refractivity contribution < 1.29 is 5.11 Å². The van der Waals surface area contributed by atoms with Crippen LogP contribution in [-0.2, 0) is 0 Å². The van der Waals surface area contributed by atoms with Crippen molar-refractivity contribution in [1.29, 1.82) is 0 Å². The quantitative estimate of drug-likeness (QED) is 0.773. The number of aliphatic hydroxyl groups excluding tert-OH is 1. The molecule has 0 bridgehead atoms. The van der Waals surface area contributed by atoms with Crippen molar-refractivity contribution in [3.8, 4) is 0 Å². The predicted octanol–water partition coefficient (Wildman–Crippen LogP) is 3.11. The third-order valence-electron chi connectivity index (χ3n) is 2.37. The second kappa shape index (κ2) is 5.61. The van der Waals surface area contributed by atoms with E-state index < -0.39 is 0 Å². The van der Waals surface area contributed by atoms with E-state index in [-0.39, 0.29) is 6.61 Å². The van der Waals surface area contributed by atoms with Gasteiger partial charge in [-0.2, -0.15) is 0 Å². The van der Waals surface area contributed by atoms with Crippen LogP contribution < -0.4 is 0 Å². The van der Waals surface area contributed by atoms with Crippen molar-refractivity contribution in [2.75, 3.05) is 6.61 Å². The van der Waals surface area contributed by atoms with Gasteiger partial charge in [0.05, 0.1) is 0 Å². The van der Waals surface area contributed by atoms with E-state index in [0.717, 1.165) is 6.42 Å². The SMILES string of the molecule is C/C(=C\C[C@@H](C)CO)c1ccccc1. The van der Waals surface area contributed by atoms with Crippen LogP contribution in [0, 0.1) is 5.92 Å². The molecule has 0 spiro atoms. The Kier molecular flexibility index (Phi) is 4.41. The number of rotatable bonds is 4. The average molecular weight is 190 g/mol. The van der Waals surface area contributed by atoms with Crippen LogP contribution in [0.4, 0.5) is 0 Å². The van der Waals surface area contributed by atoms with Gasteiger partial charge in [-0.05, 0) is 30.4 Å². The van der Waals surface area contributed by atoms with Gasteiger partial charge in [0, 0.05) is 6.61 Å². The molecule has 1 heteroatoms. The molecule has 0 radical (unpaired) electrons. The Balaban J connectivity index is 2.61. The summed E-state index contributed by atoms with van der Waals surface area (Å²) in [7, 11) is 0. The van der Waals surface area contributed by atoms with Gasteiger partial charge in [-0.3, -0.25) is 0 Å². The first-order valence-electron chi connectivity index (χ1n) is 5.07. The van der Waals surface area contributed by atoms with Gasteiger partial charge in [-0.25, -0.2) is 0 Å². The molecule has 1 nitrogen and oxygen atoms in total. The Morgan fingerprint density at radius 3 is 2.57 bits per heavy atom. The minimum atomic E-state index is 0.262. The van der Waals surface area contributed by atoms with Crippen molar-refractivity contribution in [1.82, 2.24) is 0 Å². The minimum absolute atomic E-state index is 0.262. The lowest BCUT2D eigenvalue weighted by molar-refractivity contribution is 0.239. The summed E-state index contributed by atoms with van der Waals surface area (Å²) in [5, 5.41) is 8.89. The maximum Gasteiger partial charge on any atom is 0.0459 e. The predicted molar refractivity (Wildman–Crippen MR) is 61.0 cm³/mol. The molecule has 0 aliphatic rings. The maximum atomic E-state index is 8.89. The molecule has 1 aromatic carbocycles. The third-order valence-corrected chi connectivity index (χ3v) is 2.37. The van der Waals surface area contributed by atoms with Crippen LogP contribution in [0.1, 0.15) is 25.8 Å². The topological polar surface area (TPSA) is 20.2 Å². The fraction of sp³-hybridized carbons (Fsp3) is 0.385. The van der Waals surface area contributed by atoms with E-state index in [9.17, 15) is 0 Å². The van der Waals surface area contributed by atoms with Crippen molar-refractivity contribution in [3.05, 3.63) is 42.0 Å². The molecule has 1 aromatic rings. The van der Waals surface area contributed by atoms with Crippen molar-refractivity contribution in [3.63, 3.8) is 0 Å². The second-order valence-corrected chi connectivity index (χ2v) is 3.78. The third kappa shape index (κ3) is 3.35. The fourth-order valence-corrected chi connectivity index (χ4v) is 1.27. The molecular weight excluding hydrogens is 172 g/mol. The normalized spacial score (nSPS) is 14.1. The number of benzene rings is 1. The van der Waals surface area contributed by atoms with Gasteiger partial charge >= 0.3 is 0 Å². The standard InChI is InChI=1S/C13H18O/c1-11(10-14)8-9-12(2)13-6-4-3-5-7-13/h3-7,9,11,14H,8,10H2,1-2H3/b12-9+/t11-/m1/s1. The lowest BCUT2D eigenvalue weighted by Crippen LogP contribution is -1.98. The number of allylic oxidation sites excluding steroid dienone is 2. The zero-order chi connectivity index (χ0) is 10.4. The molecule has 14 heavy (non-hydrogen) atoms. The fourth-order valence-electron chi connectivity index (χ4n) is 1.27. The van der Waals surface area contributed by atoms with Crippen LogP contribution in [0.15, 0.2) is 36.4 Å². The molecule has 0 amide bonds. The van der Waals surface area contributed by atoms with Crippen LogP contribution in [0.3, 0.4) is 0 Å². The molecule has 0 saturated carbocycles. The molecule has 0 aliphatic carbocycles. The lowest BCUT2D eigenvalue weighted by Gasteiger charge is -2.05. The highest BCUT2D eigenvalue weighted by molar-refractivity contribution is 5.63. The van der Waals surface area contributed by atoms with E-state index in [1.165, 1.54) is 11.1 Å². The molecule has 0 unspecified atom stereocenters. The molecule has 1 N–H and O–H groups in total. The first kappa shape index (κ1) is 11.0. The van der Waals surface area contributed by atoms with Crippen molar-refractivity contribution in [2.24, 2.45) is 5.92 Å². The first-order chi connectivity index (χ1) is 6.74. The average Bonchev–Trinajstić information content (AvgIpc) is 2.26. The smallest absolute Gasteiger partial charge is 0.0459 e.